The second kappa shape index (κ2) is 7.02. The Kier molecular flexibility index (Phi) is 6.24. The second-order valence-corrected chi connectivity index (χ2v) is 12.1. The summed E-state index contributed by atoms with van der Waals surface area (Å²) in [4.78, 5) is 0. The van der Waals surface area contributed by atoms with E-state index in [4.69, 9.17) is 4.43 Å². The van der Waals surface area contributed by atoms with Gasteiger partial charge in [0.05, 0.1) is 0 Å². The lowest BCUT2D eigenvalue weighted by atomic mass is 10.2. The minimum absolute atomic E-state index is 0.290. The highest BCUT2D eigenvalue weighted by Gasteiger charge is 2.36. The molecular formula is C15H26BrNOSi. The van der Waals surface area contributed by atoms with Gasteiger partial charge in [0, 0.05) is 24.2 Å². The molecule has 0 fully saturated rings. The summed E-state index contributed by atoms with van der Waals surface area (Å²) in [6, 6.07) is 8.41. The Hall–Kier alpha value is -0.163. The number of halogens is 1. The van der Waals surface area contributed by atoms with Gasteiger partial charge in [-0.1, -0.05) is 48.8 Å². The molecule has 1 aromatic rings. The van der Waals surface area contributed by atoms with E-state index in [0.717, 1.165) is 24.2 Å². The van der Waals surface area contributed by atoms with Crippen LogP contribution in [0.1, 0.15) is 26.3 Å². The summed E-state index contributed by atoms with van der Waals surface area (Å²) in [6.07, 6.45) is 0. The Bertz CT molecular complexity index is 384. The Morgan fingerprint density at radius 3 is 2.26 bits per heavy atom. The highest BCUT2D eigenvalue weighted by molar-refractivity contribution is 9.10. The maximum absolute atomic E-state index is 6.12. The molecule has 1 rings (SSSR count). The predicted octanol–water partition coefficient (Wildman–Crippen LogP) is 4.56. The molecule has 0 aliphatic carbocycles. The summed E-state index contributed by atoms with van der Waals surface area (Å²) >= 11 is 3.44. The number of benzene rings is 1. The molecule has 108 valence electrons. The van der Waals surface area contributed by atoms with Crippen LogP contribution in [0.5, 0.6) is 0 Å². The molecule has 0 amide bonds. The van der Waals surface area contributed by atoms with E-state index in [1.54, 1.807) is 0 Å². The van der Waals surface area contributed by atoms with Gasteiger partial charge < -0.3 is 9.74 Å². The van der Waals surface area contributed by atoms with Gasteiger partial charge in [-0.3, -0.25) is 0 Å². The zero-order valence-corrected chi connectivity index (χ0v) is 15.3. The molecule has 0 aliphatic rings. The Morgan fingerprint density at radius 1 is 1.16 bits per heavy atom. The van der Waals surface area contributed by atoms with E-state index < -0.39 is 8.32 Å². The van der Waals surface area contributed by atoms with Gasteiger partial charge in [0.2, 0.25) is 0 Å². The van der Waals surface area contributed by atoms with Crippen molar-refractivity contribution in [3.8, 4) is 0 Å². The normalized spacial score (nSPS) is 12.7. The SMILES string of the molecule is CC(C)(C)[Si](C)(C)OCCNCc1ccc(Br)cc1. The molecule has 0 saturated carbocycles. The molecule has 0 aliphatic heterocycles. The molecule has 1 aromatic carbocycles. The van der Waals surface area contributed by atoms with Gasteiger partial charge >= 0.3 is 0 Å². The van der Waals surface area contributed by atoms with Crippen molar-refractivity contribution < 1.29 is 4.43 Å². The van der Waals surface area contributed by atoms with Crippen molar-refractivity contribution in [3.63, 3.8) is 0 Å². The maximum atomic E-state index is 6.12. The van der Waals surface area contributed by atoms with Crippen LogP contribution >= 0.6 is 15.9 Å². The average Bonchev–Trinajstić information content (AvgIpc) is 2.29. The van der Waals surface area contributed by atoms with Crippen LogP contribution in [-0.4, -0.2) is 21.5 Å². The topological polar surface area (TPSA) is 21.3 Å². The second-order valence-electron chi connectivity index (χ2n) is 6.41. The molecule has 0 atom stereocenters. The summed E-state index contributed by atoms with van der Waals surface area (Å²) in [5.74, 6) is 0. The highest BCUT2D eigenvalue weighted by atomic mass is 79.9. The van der Waals surface area contributed by atoms with Gasteiger partial charge in [0.1, 0.15) is 0 Å². The van der Waals surface area contributed by atoms with Crippen molar-refractivity contribution in [1.82, 2.24) is 5.32 Å². The van der Waals surface area contributed by atoms with Crippen molar-refractivity contribution in [3.05, 3.63) is 34.3 Å². The third-order valence-electron chi connectivity index (χ3n) is 3.79. The van der Waals surface area contributed by atoms with E-state index in [1.165, 1.54) is 5.56 Å². The molecule has 0 bridgehead atoms. The van der Waals surface area contributed by atoms with E-state index in [-0.39, 0.29) is 0 Å². The molecule has 19 heavy (non-hydrogen) atoms. The zero-order valence-electron chi connectivity index (χ0n) is 12.7. The molecule has 0 spiro atoms. The molecule has 0 aromatic heterocycles. The van der Waals surface area contributed by atoms with E-state index >= 15 is 0 Å². The van der Waals surface area contributed by atoms with Crippen LogP contribution < -0.4 is 5.32 Å². The molecule has 0 saturated heterocycles. The van der Waals surface area contributed by atoms with E-state index in [9.17, 15) is 0 Å². The van der Waals surface area contributed by atoms with Gasteiger partial charge in [-0.25, -0.2) is 0 Å². The number of nitrogens with one attached hydrogen (secondary N) is 1. The van der Waals surface area contributed by atoms with Crippen molar-refractivity contribution >= 4 is 24.2 Å². The van der Waals surface area contributed by atoms with Crippen molar-refractivity contribution in [2.45, 2.75) is 45.4 Å². The number of hydrogen-bond donors (Lipinski definition) is 1. The fourth-order valence-corrected chi connectivity index (χ4v) is 2.74. The number of rotatable bonds is 6. The van der Waals surface area contributed by atoms with Gasteiger partial charge in [-0.15, -0.1) is 0 Å². The van der Waals surface area contributed by atoms with E-state index in [1.807, 2.05) is 0 Å². The van der Waals surface area contributed by atoms with Crippen molar-refractivity contribution in [2.24, 2.45) is 0 Å². The summed E-state index contributed by atoms with van der Waals surface area (Å²) in [7, 11) is -1.59. The van der Waals surface area contributed by atoms with Crippen LogP contribution in [-0.2, 0) is 11.0 Å². The first-order chi connectivity index (χ1) is 8.72. The summed E-state index contributed by atoms with van der Waals surface area (Å²) in [6.45, 7) is 14.0. The van der Waals surface area contributed by atoms with Crippen molar-refractivity contribution in [2.75, 3.05) is 13.2 Å². The number of hydrogen-bond acceptors (Lipinski definition) is 2. The monoisotopic (exact) mass is 343 g/mol. The Labute approximate surface area is 127 Å². The molecule has 0 unspecified atom stereocenters. The molecule has 0 heterocycles. The highest BCUT2D eigenvalue weighted by Crippen LogP contribution is 2.36. The van der Waals surface area contributed by atoms with Crippen LogP contribution in [0, 0.1) is 0 Å². The van der Waals surface area contributed by atoms with E-state index in [0.29, 0.717) is 5.04 Å². The predicted molar refractivity (Wildman–Crippen MR) is 89.0 cm³/mol. The molecule has 2 nitrogen and oxygen atoms in total. The Balaban J connectivity index is 2.23. The van der Waals surface area contributed by atoms with Gasteiger partial charge in [0.25, 0.3) is 0 Å². The van der Waals surface area contributed by atoms with Crippen LogP contribution in [0.3, 0.4) is 0 Å². The molecule has 4 heteroatoms. The first-order valence-electron chi connectivity index (χ1n) is 6.81. The first-order valence-corrected chi connectivity index (χ1v) is 10.5. The fourth-order valence-electron chi connectivity index (χ4n) is 1.43. The molecule has 1 N–H and O–H groups in total. The van der Waals surface area contributed by atoms with Crippen LogP contribution in [0.4, 0.5) is 0 Å². The van der Waals surface area contributed by atoms with Gasteiger partial charge in [-0.05, 0) is 35.8 Å². The molecular weight excluding hydrogens is 318 g/mol. The largest absolute Gasteiger partial charge is 0.416 e. The summed E-state index contributed by atoms with van der Waals surface area (Å²) in [5, 5.41) is 3.72. The van der Waals surface area contributed by atoms with Gasteiger partial charge in [-0.2, -0.15) is 0 Å². The average molecular weight is 344 g/mol. The maximum Gasteiger partial charge on any atom is 0.192 e. The standard InChI is InChI=1S/C15H26BrNOSi/c1-15(2,3)19(4,5)18-11-10-17-12-13-6-8-14(16)9-7-13/h6-9,17H,10-12H2,1-5H3. The lowest BCUT2D eigenvalue weighted by molar-refractivity contribution is 0.285. The zero-order chi connectivity index (χ0) is 14.5. The summed E-state index contributed by atoms with van der Waals surface area (Å²) in [5.41, 5.74) is 1.30. The minimum atomic E-state index is -1.59. The fraction of sp³-hybridized carbons (Fsp3) is 0.600. The van der Waals surface area contributed by atoms with Gasteiger partial charge in [0.15, 0.2) is 8.32 Å². The Morgan fingerprint density at radius 2 is 1.74 bits per heavy atom. The lowest BCUT2D eigenvalue weighted by Crippen LogP contribution is -2.42. The van der Waals surface area contributed by atoms with Crippen LogP contribution in [0.2, 0.25) is 18.1 Å². The van der Waals surface area contributed by atoms with Crippen LogP contribution in [0.15, 0.2) is 28.7 Å². The smallest absolute Gasteiger partial charge is 0.192 e. The third kappa shape index (κ3) is 5.77. The third-order valence-corrected chi connectivity index (χ3v) is 8.86. The van der Waals surface area contributed by atoms with Crippen LogP contribution in [0.25, 0.3) is 0 Å². The quantitative estimate of drug-likeness (QED) is 0.603. The first kappa shape index (κ1) is 16.9. The minimum Gasteiger partial charge on any atom is -0.416 e. The molecule has 0 radical (unpaired) electrons. The van der Waals surface area contributed by atoms with E-state index in [2.05, 4.69) is 79.4 Å². The lowest BCUT2D eigenvalue weighted by Gasteiger charge is -2.36. The summed E-state index contributed by atoms with van der Waals surface area (Å²) < 4.78 is 7.24. The van der Waals surface area contributed by atoms with Crippen molar-refractivity contribution in [1.29, 1.82) is 0 Å².